The molecule has 20 heavy (non-hydrogen) atoms. The van der Waals surface area contributed by atoms with Crippen LogP contribution in [-0.2, 0) is 0 Å². The molecule has 1 aliphatic rings. The van der Waals surface area contributed by atoms with Crippen LogP contribution >= 0.6 is 12.6 Å². The molecule has 2 aromatic carbocycles. The predicted octanol–water partition coefficient (Wildman–Crippen LogP) is 3.46. The van der Waals surface area contributed by atoms with Gasteiger partial charge in [0, 0.05) is 29.4 Å². The molecule has 0 radical (unpaired) electrons. The van der Waals surface area contributed by atoms with E-state index in [0.29, 0.717) is 11.8 Å². The SMILES string of the molecule is CCC1(CN)C(S)CCN1c1cccc2ccccc12. The molecule has 0 amide bonds. The standard InChI is InChI=1S/C17H22N2S/c1-2-17(12-18)16(20)10-11-19(17)15-9-5-7-13-6-3-4-8-14(13)15/h3-9,16,20H,2,10-12,18H2,1H3. The van der Waals surface area contributed by atoms with E-state index >= 15 is 0 Å². The zero-order valence-electron chi connectivity index (χ0n) is 11.9. The summed E-state index contributed by atoms with van der Waals surface area (Å²) in [4.78, 5) is 2.49. The molecule has 1 heterocycles. The molecule has 3 rings (SSSR count). The lowest BCUT2D eigenvalue weighted by Crippen LogP contribution is -2.54. The van der Waals surface area contributed by atoms with Gasteiger partial charge in [-0.05, 0) is 24.3 Å². The lowest BCUT2D eigenvalue weighted by atomic mass is 9.91. The molecule has 0 bridgehead atoms. The molecule has 1 aliphatic heterocycles. The zero-order chi connectivity index (χ0) is 14.2. The Morgan fingerprint density at radius 3 is 2.75 bits per heavy atom. The van der Waals surface area contributed by atoms with E-state index in [1.54, 1.807) is 0 Å². The number of benzene rings is 2. The molecule has 2 unspecified atom stereocenters. The Morgan fingerprint density at radius 2 is 2.00 bits per heavy atom. The van der Waals surface area contributed by atoms with Crippen molar-refractivity contribution in [3.63, 3.8) is 0 Å². The maximum absolute atomic E-state index is 6.15. The van der Waals surface area contributed by atoms with Crippen LogP contribution in [0.2, 0.25) is 0 Å². The van der Waals surface area contributed by atoms with Gasteiger partial charge in [0.2, 0.25) is 0 Å². The zero-order valence-corrected chi connectivity index (χ0v) is 12.8. The second-order valence-corrected chi connectivity index (χ2v) is 6.24. The van der Waals surface area contributed by atoms with Crippen LogP contribution in [0.3, 0.4) is 0 Å². The number of thiol groups is 1. The first-order chi connectivity index (χ1) is 9.73. The summed E-state index contributed by atoms with van der Waals surface area (Å²) in [7, 11) is 0. The van der Waals surface area contributed by atoms with Gasteiger partial charge in [0.15, 0.2) is 0 Å². The van der Waals surface area contributed by atoms with Gasteiger partial charge in [-0.1, -0.05) is 43.3 Å². The fourth-order valence-corrected chi connectivity index (χ4v) is 4.09. The third-order valence-electron chi connectivity index (χ3n) is 4.81. The van der Waals surface area contributed by atoms with Gasteiger partial charge in [0.1, 0.15) is 0 Å². The Bertz CT molecular complexity index is 601. The number of nitrogens with zero attached hydrogens (tertiary/aromatic N) is 1. The van der Waals surface area contributed by atoms with E-state index in [1.165, 1.54) is 16.5 Å². The molecular formula is C17H22N2S. The van der Waals surface area contributed by atoms with Crippen molar-refractivity contribution in [2.24, 2.45) is 5.73 Å². The van der Waals surface area contributed by atoms with Crippen molar-refractivity contribution in [1.82, 2.24) is 0 Å². The van der Waals surface area contributed by atoms with Crippen LogP contribution in [0.25, 0.3) is 10.8 Å². The number of fused-ring (bicyclic) bond motifs is 1. The molecule has 2 N–H and O–H groups in total. The van der Waals surface area contributed by atoms with Crippen LogP contribution in [0.5, 0.6) is 0 Å². The largest absolute Gasteiger partial charge is 0.363 e. The Hall–Kier alpha value is -1.19. The summed E-state index contributed by atoms with van der Waals surface area (Å²) in [6.07, 6.45) is 2.12. The molecule has 2 atom stereocenters. The highest BCUT2D eigenvalue weighted by atomic mass is 32.1. The highest BCUT2D eigenvalue weighted by Crippen LogP contribution is 2.41. The van der Waals surface area contributed by atoms with Crippen molar-refractivity contribution in [2.75, 3.05) is 18.0 Å². The Morgan fingerprint density at radius 1 is 1.25 bits per heavy atom. The van der Waals surface area contributed by atoms with Crippen LogP contribution in [0.15, 0.2) is 42.5 Å². The van der Waals surface area contributed by atoms with Gasteiger partial charge in [0.25, 0.3) is 0 Å². The summed E-state index contributed by atoms with van der Waals surface area (Å²) in [5.41, 5.74) is 7.43. The van der Waals surface area contributed by atoms with Crippen molar-refractivity contribution < 1.29 is 0 Å². The van der Waals surface area contributed by atoms with E-state index in [-0.39, 0.29) is 5.54 Å². The molecule has 0 aromatic heterocycles. The number of rotatable bonds is 3. The average Bonchev–Trinajstić information content (AvgIpc) is 2.83. The average molecular weight is 286 g/mol. The second-order valence-electron chi connectivity index (χ2n) is 5.62. The summed E-state index contributed by atoms with van der Waals surface area (Å²) >= 11 is 4.82. The van der Waals surface area contributed by atoms with Crippen molar-refractivity contribution in [3.8, 4) is 0 Å². The number of hydrogen-bond acceptors (Lipinski definition) is 3. The normalized spacial score (nSPS) is 26.4. The van der Waals surface area contributed by atoms with Gasteiger partial charge in [-0.3, -0.25) is 0 Å². The fraction of sp³-hybridized carbons (Fsp3) is 0.412. The number of nitrogens with two attached hydrogens (primary N) is 1. The first-order valence-corrected chi connectivity index (χ1v) is 7.88. The lowest BCUT2D eigenvalue weighted by Gasteiger charge is -2.41. The van der Waals surface area contributed by atoms with E-state index in [2.05, 4.69) is 54.3 Å². The number of anilines is 1. The third-order valence-corrected chi connectivity index (χ3v) is 5.55. The topological polar surface area (TPSA) is 29.3 Å². The molecule has 2 aromatic rings. The van der Waals surface area contributed by atoms with Gasteiger partial charge >= 0.3 is 0 Å². The second kappa shape index (κ2) is 5.30. The van der Waals surface area contributed by atoms with Gasteiger partial charge in [-0.25, -0.2) is 0 Å². The van der Waals surface area contributed by atoms with Gasteiger partial charge in [-0.15, -0.1) is 0 Å². The van der Waals surface area contributed by atoms with E-state index in [4.69, 9.17) is 18.4 Å². The molecule has 0 saturated carbocycles. The van der Waals surface area contributed by atoms with Crippen LogP contribution < -0.4 is 10.6 Å². The quantitative estimate of drug-likeness (QED) is 0.846. The molecule has 2 nitrogen and oxygen atoms in total. The maximum Gasteiger partial charge on any atom is 0.0638 e. The highest BCUT2D eigenvalue weighted by Gasteiger charge is 2.45. The van der Waals surface area contributed by atoms with Crippen molar-refractivity contribution in [3.05, 3.63) is 42.5 Å². The van der Waals surface area contributed by atoms with Gasteiger partial charge in [0.05, 0.1) is 5.54 Å². The molecule has 1 fully saturated rings. The molecule has 3 heteroatoms. The predicted molar refractivity (Wildman–Crippen MR) is 90.8 cm³/mol. The highest BCUT2D eigenvalue weighted by molar-refractivity contribution is 7.81. The lowest BCUT2D eigenvalue weighted by molar-refractivity contribution is 0.432. The summed E-state index contributed by atoms with van der Waals surface area (Å²) in [5, 5.41) is 2.94. The molecule has 0 aliphatic carbocycles. The number of hydrogen-bond donors (Lipinski definition) is 2. The molecule has 1 saturated heterocycles. The van der Waals surface area contributed by atoms with Crippen LogP contribution in [0, 0.1) is 0 Å². The summed E-state index contributed by atoms with van der Waals surface area (Å²) in [6, 6.07) is 15.1. The Kier molecular flexibility index (Phi) is 3.65. The molecular weight excluding hydrogens is 264 g/mol. The van der Waals surface area contributed by atoms with E-state index in [0.717, 1.165) is 19.4 Å². The van der Waals surface area contributed by atoms with Crippen LogP contribution in [-0.4, -0.2) is 23.9 Å². The fourth-order valence-electron chi connectivity index (χ4n) is 3.54. The van der Waals surface area contributed by atoms with E-state index < -0.39 is 0 Å². The summed E-state index contributed by atoms with van der Waals surface area (Å²) < 4.78 is 0. The van der Waals surface area contributed by atoms with Crippen molar-refractivity contribution in [1.29, 1.82) is 0 Å². The smallest absolute Gasteiger partial charge is 0.0638 e. The molecule has 0 spiro atoms. The Labute approximate surface area is 126 Å². The third kappa shape index (κ3) is 1.92. The van der Waals surface area contributed by atoms with Crippen molar-refractivity contribution in [2.45, 2.75) is 30.6 Å². The minimum atomic E-state index is -0.0206. The minimum Gasteiger partial charge on any atom is -0.363 e. The first-order valence-electron chi connectivity index (χ1n) is 7.36. The van der Waals surface area contributed by atoms with E-state index in [9.17, 15) is 0 Å². The summed E-state index contributed by atoms with van der Waals surface area (Å²) in [5.74, 6) is 0. The maximum atomic E-state index is 6.15. The first kappa shape index (κ1) is 13.8. The van der Waals surface area contributed by atoms with Crippen LogP contribution in [0.1, 0.15) is 19.8 Å². The van der Waals surface area contributed by atoms with Gasteiger partial charge in [-0.2, -0.15) is 12.6 Å². The van der Waals surface area contributed by atoms with Crippen LogP contribution in [0.4, 0.5) is 5.69 Å². The minimum absolute atomic E-state index is 0.0206. The summed E-state index contributed by atoms with van der Waals surface area (Å²) in [6.45, 7) is 3.91. The van der Waals surface area contributed by atoms with E-state index in [1.807, 2.05) is 0 Å². The molecule has 106 valence electrons. The van der Waals surface area contributed by atoms with Crippen molar-refractivity contribution >= 4 is 29.1 Å². The monoisotopic (exact) mass is 286 g/mol. The Balaban J connectivity index is 2.15. The van der Waals surface area contributed by atoms with Gasteiger partial charge < -0.3 is 10.6 Å².